The lowest BCUT2D eigenvalue weighted by Crippen LogP contribution is -2.35. The van der Waals surface area contributed by atoms with Gasteiger partial charge in [-0.3, -0.25) is 9.59 Å². The summed E-state index contributed by atoms with van der Waals surface area (Å²) in [6.07, 6.45) is 1.59. The van der Waals surface area contributed by atoms with Crippen LogP contribution in [0, 0.1) is 5.82 Å². The number of carbonyl (C=O) groups is 2. The standard InChI is InChI=1S/C22H19FN2O2S/c23-18-9-10-19-17(13-18)3-1-11-25(19)22(27)16-7-5-15(6-8-16)14-24-21(26)20-4-2-12-28-20/h2,4-10,12-13H,1,3,11,14H2,(H,24,26). The van der Waals surface area contributed by atoms with Gasteiger partial charge in [0.2, 0.25) is 0 Å². The topological polar surface area (TPSA) is 49.4 Å². The Morgan fingerprint density at radius 3 is 2.68 bits per heavy atom. The second-order valence-electron chi connectivity index (χ2n) is 6.69. The minimum absolute atomic E-state index is 0.0956. The van der Waals surface area contributed by atoms with E-state index in [0.29, 0.717) is 23.5 Å². The van der Waals surface area contributed by atoms with Crippen LogP contribution < -0.4 is 10.2 Å². The number of hydrogen-bond donors (Lipinski definition) is 1. The van der Waals surface area contributed by atoms with Crippen molar-refractivity contribution >= 4 is 28.8 Å². The highest BCUT2D eigenvalue weighted by atomic mass is 32.1. The van der Waals surface area contributed by atoms with Gasteiger partial charge in [0.1, 0.15) is 5.82 Å². The Kier molecular flexibility index (Phi) is 5.21. The molecule has 1 aliphatic rings. The first-order valence-corrected chi connectivity index (χ1v) is 10.0. The smallest absolute Gasteiger partial charge is 0.261 e. The van der Waals surface area contributed by atoms with E-state index in [2.05, 4.69) is 5.32 Å². The number of amides is 2. The lowest BCUT2D eigenvalue weighted by atomic mass is 10.0. The number of hydrogen-bond acceptors (Lipinski definition) is 3. The highest BCUT2D eigenvalue weighted by molar-refractivity contribution is 7.12. The number of benzene rings is 2. The maximum absolute atomic E-state index is 13.5. The van der Waals surface area contributed by atoms with Crippen molar-refractivity contribution < 1.29 is 14.0 Å². The summed E-state index contributed by atoms with van der Waals surface area (Å²) in [4.78, 5) is 27.3. The molecule has 4 rings (SSSR count). The molecule has 0 fully saturated rings. The SMILES string of the molecule is O=C(NCc1ccc(C(=O)N2CCCc3cc(F)ccc32)cc1)c1cccs1. The summed E-state index contributed by atoms with van der Waals surface area (Å²) < 4.78 is 13.5. The molecule has 1 aromatic heterocycles. The molecule has 4 nitrogen and oxygen atoms in total. The monoisotopic (exact) mass is 394 g/mol. The van der Waals surface area contributed by atoms with Crippen molar-refractivity contribution in [3.63, 3.8) is 0 Å². The predicted molar refractivity (Wildman–Crippen MR) is 108 cm³/mol. The summed E-state index contributed by atoms with van der Waals surface area (Å²) in [6, 6.07) is 15.4. The summed E-state index contributed by atoms with van der Waals surface area (Å²) in [5.74, 6) is -0.476. The van der Waals surface area contributed by atoms with Crippen LogP contribution in [0.2, 0.25) is 0 Å². The number of thiophene rings is 1. The fourth-order valence-corrected chi connectivity index (χ4v) is 4.01. The quantitative estimate of drug-likeness (QED) is 0.713. The largest absolute Gasteiger partial charge is 0.347 e. The van der Waals surface area contributed by atoms with Gasteiger partial charge in [0.25, 0.3) is 11.8 Å². The number of nitrogens with zero attached hydrogens (tertiary/aromatic N) is 1. The molecule has 2 amide bonds. The number of rotatable bonds is 4. The van der Waals surface area contributed by atoms with Gasteiger partial charge >= 0.3 is 0 Å². The number of aryl methyl sites for hydroxylation is 1. The second kappa shape index (κ2) is 7.94. The molecule has 0 saturated carbocycles. The van der Waals surface area contributed by atoms with Gasteiger partial charge in [0.15, 0.2) is 0 Å². The third-order valence-corrected chi connectivity index (χ3v) is 5.67. The number of nitrogens with one attached hydrogen (secondary N) is 1. The van der Waals surface area contributed by atoms with Gasteiger partial charge in [0.05, 0.1) is 4.88 Å². The molecule has 3 aromatic rings. The molecular weight excluding hydrogens is 375 g/mol. The van der Waals surface area contributed by atoms with E-state index >= 15 is 0 Å². The van der Waals surface area contributed by atoms with Crippen LogP contribution in [-0.2, 0) is 13.0 Å². The van der Waals surface area contributed by atoms with Gasteiger partial charge in [-0.15, -0.1) is 11.3 Å². The first kappa shape index (κ1) is 18.4. The Hall–Kier alpha value is -2.99. The molecule has 28 heavy (non-hydrogen) atoms. The van der Waals surface area contributed by atoms with E-state index in [0.717, 1.165) is 29.7 Å². The molecule has 2 heterocycles. The number of fused-ring (bicyclic) bond motifs is 1. The molecule has 0 saturated heterocycles. The van der Waals surface area contributed by atoms with Crippen LogP contribution in [0.1, 0.15) is 37.6 Å². The van der Waals surface area contributed by atoms with Crippen LogP contribution in [0.25, 0.3) is 0 Å². The van der Waals surface area contributed by atoms with Gasteiger partial charge < -0.3 is 10.2 Å². The highest BCUT2D eigenvalue weighted by Crippen LogP contribution is 2.29. The molecule has 0 atom stereocenters. The number of halogens is 1. The lowest BCUT2D eigenvalue weighted by molar-refractivity contribution is 0.0952. The van der Waals surface area contributed by atoms with Gasteiger partial charge in [0, 0.05) is 24.3 Å². The van der Waals surface area contributed by atoms with E-state index < -0.39 is 0 Å². The van der Waals surface area contributed by atoms with Crippen molar-refractivity contribution in [2.24, 2.45) is 0 Å². The van der Waals surface area contributed by atoms with Gasteiger partial charge in [-0.1, -0.05) is 18.2 Å². The molecular formula is C22H19FN2O2S. The fraction of sp³-hybridized carbons (Fsp3) is 0.182. The van der Waals surface area contributed by atoms with E-state index in [-0.39, 0.29) is 17.6 Å². The van der Waals surface area contributed by atoms with Crippen LogP contribution in [-0.4, -0.2) is 18.4 Å². The van der Waals surface area contributed by atoms with Crippen LogP contribution in [0.4, 0.5) is 10.1 Å². The molecule has 0 aliphatic carbocycles. The van der Waals surface area contributed by atoms with Crippen LogP contribution in [0.15, 0.2) is 60.0 Å². The first-order chi connectivity index (χ1) is 13.6. The zero-order valence-corrected chi connectivity index (χ0v) is 16.0. The van der Waals surface area contributed by atoms with Crippen molar-refractivity contribution in [3.8, 4) is 0 Å². The Bertz CT molecular complexity index is 1000. The molecule has 0 unspecified atom stereocenters. The highest BCUT2D eigenvalue weighted by Gasteiger charge is 2.23. The Balaban J connectivity index is 1.44. The molecule has 1 aliphatic heterocycles. The van der Waals surface area contributed by atoms with E-state index in [9.17, 15) is 14.0 Å². The van der Waals surface area contributed by atoms with Crippen molar-refractivity contribution in [1.82, 2.24) is 5.32 Å². The van der Waals surface area contributed by atoms with Crippen LogP contribution >= 0.6 is 11.3 Å². The van der Waals surface area contributed by atoms with Crippen molar-refractivity contribution in [3.05, 3.63) is 87.4 Å². The molecule has 0 spiro atoms. The fourth-order valence-electron chi connectivity index (χ4n) is 3.37. The molecule has 142 valence electrons. The third-order valence-electron chi connectivity index (χ3n) is 4.80. The third kappa shape index (κ3) is 3.82. The molecule has 1 N–H and O–H groups in total. The average Bonchev–Trinajstić information content (AvgIpc) is 3.26. The second-order valence-corrected chi connectivity index (χ2v) is 7.64. The zero-order valence-electron chi connectivity index (χ0n) is 15.2. The summed E-state index contributed by atoms with van der Waals surface area (Å²) in [5.41, 5.74) is 3.14. The van der Waals surface area contributed by atoms with Crippen LogP contribution in [0.3, 0.4) is 0 Å². The van der Waals surface area contributed by atoms with E-state index in [1.807, 2.05) is 23.6 Å². The van der Waals surface area contributed by atoms with Crippen molar-refractivity contribution in [2.45, 2.75) is 19.4 Å². The zero-order chi connectivity index (χ0) is 19.5. The van der Waals surface area contributed by atoms with E-state index in [1.54, 1.807) is 29.2 Å². The summed E-state index contributed by atoms with van der Waals surface area (Å²) in [5, 5.41) is 4.74. The van der Waals surface area contributed by atoms with Gasteiger partial charge in [-0.2, -0.15) is 0 Å². The Labute approximate surface area is 166 Å². The van der Waals surface area contributed by atoms with Crippen molar-refractivity contribution in [2.75, 3.05) is 11.4 Å². The van der Waals surface area contributed by atoms with Crippen LogP contribution in [0.5, 0.6) is 0 Å². The van der Waals surface area contributed by atoms with E-state index in [1.165, 1.54) is 23.5 Å². The maximum atomic E-state index is 13.5. The summed E-state index contributed by atoms with van der Waals surface area (Å²) in [7, 11) is 0. The minimum atomic E-state index is -0.276. The summed E-state index contributed by atoms with van der Waals surface area (Å²) >= 11 is 1.40. The Morgan fingerprint density at radius 1 is 1.11 bits per heavy atom. The number of anilines is 1. The molecule has 0 bridgehead atoms. The minimum Gasteiger partial charge on any atom is -0.347 e. The predicted octanol–water partition coefficient (Wildman–Crippen LogP) is 4.41. The van der Waals surface area contributed by atoms with Crippen molar-refractivity contribution in [1.29, 1.82) is 0 Å². The van der Waals surface area contributed by atoms with Gasteiger partial charge in [-0.05, 0) is 65.7 Å². The maximum Gasteiger partial charge on any atom is 0.261 e. The number of carbonyl (C=O) groups excluding carboxylic acids is 2. The average molecular weight is 394 g/mol. The van der Waals surface area contributed by atoms with Gasteiger partial charge in [-0.25, -0.2) is 4.39 Å². The normalized spacial score (nSPS) is 13.1. The van der Waals surface area contributed by atoms with E-state index in [4.69, 9.17) is 0 Å². The lowest BCUT2D eigenvalue weighted by Gasteiger charge is -2.29. The Morgan fingerprint density at radius 2 is 1.93 bits per heavy atom. The summed E-state index contributed by atoms with van der Waals surface area (Å²) in [6.45, 7) is 1.02. The first-order valence-electron chi connectivity index (χ1n) is 9.13. The molecule has 6 heteroatoms. The molecule has 0 radical (unpaired) electrons. The molecule has 2 aromatic carbocycles.